The van der Waals surface area contributed by atoms with Gasteiger partial charge in [-0.2, -0.15) is 0 Å². The molecule has 0 aromatic heterocycles. The van der Waals surface area contributed by atoms with E-state index in [0.29, 0.717) is 18.0 Å². The molecule has 0 saturated heterocycles. The molecule has 0 heterocycles. The number of carboxylic acid groups (broad SMARTS) is 1. The Bertz CT molecular complexity index is 822. The summed E-state index contributed by atoms with van der Waals surface area (Å²) in [5.74, 6) is -0.396. The number of carboxylic acids is 1. The fourth-order valence-corrected chi connectivity index (χ4v) is 3.91. The Morgan fingerprint density at radius 1 is 1.04 bits per heavy atom. The van der Waals surface area contributed by atoms with E-state index in [1.54, 1.807) is 18.2 Å². The Morgan fingerprint density at radius 2 is 1.78 bits per heavy atom. The summed E-state index contributed by atoms with van der Waals surface area (Å²) < 4.78 is 0. The second kappa shape index (κ2) is 8.85. The van der Waals surface area contributed by atoms with Crippen molar-refractivity contribution < 1.29 is 14.7 Å². The molecule has 4 heteroatoms. The normalized spacial score (nSPS) is 14.7. The lowest BCUT2D eigenvalue weighted by atomic mass is 9.86. The number of amides is 1. The molecular weight excluding hydrogens is 338 g/mol. The minimum Gasteiger partial charge on any atom is -0.478 e. The average Bonchev–Trinajstić information content (AvgIpc) is 2.68. The first-order chi connectivity index (χ1) is 13.0. The second-order valence-electron chi connectivity index (χ2n) is 7.47. The van der Waals surface area contributed by atoms with Gasteiger partial charge in [0.1, 0.15) is 0 Å². The van der Waals surface area contributed by atoms with Crippen LogP contribution in [0.15, 0.2) is 42.5 Å². The Kier molecular flexibility index (Phi) is 6.28. The highest BCUT2D eigenvalue weighted by molar-refractivity contribution is 5.98. The largest absolute Gasteiger partial charge is 0.478 e. The van der Waals surface area contributed by atoms with Gasteiger partial charge in [0, 0.05) is 17.7 Å². The summed E-state index contributed by atoms with van der Waals surface area (Å²) in [6.45, 7) is 2.01. The summed E-state index contributed by atoms with van der Waals surface area (Å²) >= 11 is 0. The van der Waals surface area contributed by atoms with Gasteiger partial charge in [0.25, 0.3) is 0 Å². The van der Waals surface area contributed by atoms with Gasteiger partial charge < -0.3 is 10.4 Å². The zero-order valence-corrected chi connectivity index (χ0v) is 15.8. The SMILES string of the molecule is Cc1ccccc1-c1ccc(C(=O)O)cc1NC(=O)CCC1CCCCC1. The van der Waals surface area contributed by atoms with E-state index in [9.17, 15) is 14.7 Å². The van der Waals surface area contributed by atoms with Crippen LogP contribution in [-0.4, -0.2) is 17.0 Å². The maximum atomic E-state index is 12.5. The monoisotopic (exact) mass is 365 g/mol. The zero-order chi connectivity index (χ0) is 19.2. The van der Waals surface area contributed by atoms with E-state index in [2.05, 4.69) is 5.32 Å². The molecule has 0 atom stereocenters. The molecule has 1 aliphatic carbocycles. The summed E-state index contributed by atoms with van der Waals surface area (Å²) in [6, 6.07) is 12.8. The molecule has 1 saturated carbocycles. The number of hydrogen-bond acceptors (Lipinski definition) is 2. The number of nitrogens with one attached hydrogen (secondary N) is 1. The van der Waals surface area contributed by atoms with Crippen molar-refractivity contribution in [3.8, 4) is 11.1 Å². The number of aryl methyl sites for hydroxylation is 1. The Balaban J connectivity index is 1.79. The Labute approximate surface area is 160 Å². The predicted molar refractivity (Wildman–Crippen MR) is 108 cm³/mol. The molecule has 27 heavy (non-hydrogen) atoms. The first-order valence-electron chi connectivity index (χ1n) is 9.78. The lowest BCUT2D eigenvalue weighted by Crippen LogP contribution is -2.16. The Morgan fingerprint density at radius 3 is 2.48 bits per heavy atom. The van der Waals surface area contributed by atoms with Crippen molar-refractivity contribution in [2.45, 2.75) is 51.9 Å². The summed E-state index contributed by atoms with van der Waals surface area (Å²) in [6.07, 6.45) is 7.67. The maximum Gasteiger partial charge on any atom is 0.335 e. The Hall–Kier alpha value is -2.62. The smallest absolute Gasteiger partial charge is 0.335 e. The minimum absolute atomic E-state index is 0.0436. The molecule has 2 aromatic rings. The highest BCUT2D eigenvalue weighted by atomic mass is 16.4. The van der Waals surface area contributed by atoms with Crippen LogP contribution < -0.4 is 5.32 Å². The highest BCUT2D eigenvalue weighted by Crippen LogP contribution is 2.32. The second-order valence-corrected chi connectivity index (χ2v) is 7.47. The van der Waals surface area contributed by atoms with E-state index in [-0.39, 0.29) is 11.5 Å². The average molecular weight is 365 g/mol. The number of aromatic carboxylic acids is 1. The molecule has 0 unspecified atom stereocenters. The molecule has 0 spiro atoms. The van der Waals surface area contributed by atoms with Gasteiger partial charge >= 0.3 is 5.97 Å². The number of anilines is 1. The van der Waals surface area contributed by atoms with Gasteiger partial charge in [0.2, 0.25) is 5.91 Å². The molecule has 0 aliphatic heterocycles. The van der Waals surface area contributed by atoms with Crippen molar-refractivity contribution in [3.63, 3.8) is 0 Å². The van der Waals surface area contributed by atoms with Crippen LogP contribution in [0, 0.1) is 12.8 Å². The molecule has 142 valence electrons. The van der Waals surface area contributed by atoms with E-state index in [4.69, 9.17) is 0 Å². The van der Waals surface area contributed by atoms with Crippen LogP contribution in [-0.2, 0) is 4.79 Å². The van der Waals surface area contributed by atoms with Crippen molar-refractivity contribution in [1.82, 2.24) is 0 Å². The van der Waals surface area contributed by atoms with Crippen molar-refractivity contribution >= 4 is 17.6 Å². The first kappa shape index (κ1) is 19.2. The number of rotatable bonds is 6. The van der Waals surface area contributed by atoms with Crippen molar-refractivity contribution in [1.29, 1.82) is 0 Å². The summed E-state index contributed by atoms with van der Waals surface area (Å²) in [7, 11) is 0. The fourth-order valence-electron chi connectivity index (χ4n) is 3.91. The van der Waals surface area contributed by atoms with Gasteiger partial charge in [0.15, 0.2) is 0 Å². The van der Waals surface area contributed by atoms with Crippen molar-refractivity contribution in [2.24, 2.45) is 5.92 Å². The van der Waals surface area contributed by atoms with E-state index < -0.39 is 5.97 Å². The number of benzene rings is 2. The molecule has 0 radical (unpaired) electrons. The third-order valence-electron chi connectivity index (χ3n) is 5.48. The van der Waals surface area contributed by atoms with E-state index >= 15 is 0 Å². The van der Waals surface area contributed by atoms with Crippen LogP contribution >= 0.6 is 0 Å². The van der Waals surface area contributed by atoms with Crippen LogP contribution in [0.2, 0.25) is 0 Å². The molecule has 2 aromatic carbocycles. The lowest BCUT2D eigenvalue weighted by Gasteiger charge is -2.21. The quantitative estimate of drug-likeness (QED) is 0.694. The van der Waals surface area contributed by atoms with E-state index in [1.165, 1.54) is 32.1 Å². The maximum absolute atomic E-state index is 12.5. The third kappa shape index (κ3) is 4.97. The molecule has 2 N–H and O–H groups in total. The number of carbonyl (C=O) groups is 2. The fraction of sp³-hybridized carbons (Fsp3) is 0.391. The van der Waals surface area contributed by atoms with Gasteiger partial charge in [-0.25, -0.2) is 4.79 Å². The molecule has 0 bridgehead atoms. The van der Waals surface area contributed by atoms with Gasteiger partial charge in [-0.05, 0) is 42.5 Å². The van der Waals surface area contributed by atoms with Crippen molar-refractivity contribution in [2.75, 3.05) is 5.32 Å². The summed E-state index contributed by atoms with van der Waals surface area (Å²) in [4.78, 5) is 23.9. The van der Waals surface area contributed by atoms with E-state index in [0.717, 1.165) is 23.1 Å². The first-order valence-corrected chi connectivity index (χ1v) is 9.78. The van der Waals surface area contributed by atoms with Crippen LogP contribution in [0.5, 0.6) is 0 Å². The zero-order valence-electron chi connectivity index (χ0n) is 15.8. The number of hydrogen-bond donors (Lipinski definition) is 2. The minimum atomic E-state index is -0.996. The van der Waals surface area contributed by atoms with Crippen molar-refractivity contribution in [3.05, 3.63) is 53.6 Å². The molecule has 1 amide bonds. The molecular formula is C23H27NO3. The lowest BCUT2D eigenvalue weighted by molar-refractivity contribution is -0.116. The van der Waals surface area contributed by atoms with Crippen LogP contribution in [0.25, 0.3) is 11.1 Å². The van der Waals surface area contributed by atoms with Crippen LogP contribution in [0.3, 0.4) is 0 Å². The standard InChI is InChI=1S/C23H27NO3/c1-16-7-5-6-10-19(16)20-13-12-18(23(26)27)15-21(20)24-22(25)14-11-17-8-3-2-4-9-17/h5-7,10,12-13,15,17H,2-4,8-9,11,14H2,1H3,(H,24,25)(H,26,27). The predicted octanol–water partition coefficient (Wildman–Crippen LogP) is 5.66. The topological polar surface area (TPSA) is 66.4 Å². The number of carbonyl (C=O) groups excluding carboxylic acids is 1. The van der Waals surface area contributed by atoms with Gasteiger partial charge in [-0.15, -0.1) is 0 Å². The summed E-state index contributed by atoms with van der Waals surface area (Å²) in [5.41, 5.74) is 3.67. The van der Waals surface area contributed by atoms with Crippen LogP contribution in [0.4, 0.5) is 5.69 Å². The van der Waals surface area contributed by atoms with Gasteiger partial charge in [0.05, 0.1) is 5.56 Å². The van der Waals surface area contributed by atoms with Gasteiger partial charge in [-0.3, -0.25) is 4.79 Å². The van der Waals surface area contributed by atoms with Gasteiger partial charge in [-0.1, -0.05) is 62.4 Å². The molecule has 1 fully saturated rings. The van der Waals surface area contributed by atoms with E-state index in [1.807, 2.05) is 31.2 Å². The summed E-state index contributed by atoms with van der Waals surface area (Å²) in [5, 5.41) is 12.3. The highest BCUT2D eigenvalue weighted by Gasteiger charge is 2.17. The van der Waals surface area contributed by atoms with Crippen LogP contribution in [0.1, 0.15) is 60.9 Å². The molecule has 4 nitrogen and oxygen atoms in total. The molecule has 3 rings (SSSR count). The molecule has 1 aliphatic rings. The third-order valence-corrected chi connectivity index (χ3v) is 5.48.